The molecule has 0 heterocycles. The third-order valence-electron chi connectivity index (χ3n) is 1.76. The molecule has 0 amide bonds. The van der Waals surface area contributed by atoms with Gasteiger partial charge in [-0.25, -0.2) is 4.79 Å². The minimum Gasteiger partial charge on any atom is -0.478 e. The molecular weight excluding hydrogens is 216 g/mol. The second-order valence-corrected chi connectivity index (χ2v) is 4.18. The molecule has 1 rings (SSSR count). The Labute approximate surface area is 90.3 Å². The van der Waals surface area contributed by atoms with Crippen molar-refractivity contribution in [2.75, 3.05) is 12.5 Å². The molecule has 5 heteroatoms. The van der Waals surface area contributed by atoms with Crippen molar-refractivity contribution in [2.24, 2.45) is 0 Å². The lowest BCUT2D eigenvalue weighted by Crippen LogP contribution is -2.03. The largest absolute Gasteiger partial charge is 0.478 e. The van der Waals surface area contributed by atoms with Crippen molar-refractivity contribution >= 4 is 16.8 Å². The van der Waals surface area contributed by atoms with E-state index in [1.165, 1.54) is 12.1 Å². The smallest absolute Gasteiger partial charge is 0.335 e. The molecular formula is C10H12O4S. The summed E-state index contributed by atoms with van der Waals surface area (Å²) in [5.74, 6) is -0.847. The summed E-state index contributed by atoms with van der Waals surface area (Å²) in [4.78, 5) is 11.1. The third-order valence-corrected chi connectivity index (χ3v) is 2.94. The highest BCUT2D eigenvalue weighted by Crippen LogP contribution is 2.09. The first-order valence-electron chi connectivity index (χ1n) is 4.44. The van der Waals surface area contributed by atoms with Crippen molar-refractivity contribution in [3.63, 3.8) is 0 Å². The molecule has 1 atom stereocenters. The number of carbonyl (C=O) groups is 1. The van der Waals surface area contributed by atoms with Gasteiger partial charge in [-0.1, -0.05) is 0 Å². The monoisotopic (exact) mass is 228 g/mol. The average molecular weight is 228 g/mol. The zero-order chi connectivity index (χ0) is 11.3. The fourth-order valence-corrected chi connectivity index (χ4v) is 1.87. The quantitative estimate of drug-likeness (QED) is 0.829. The summed E-state index contributed by atoms with van der Waals surface area (Å²) >= 11 is 0. The van der Waals surface area contributed by atoms with E-state index in [9.17, 15) is 9.00 Å². The Kier molecular flexibility index (Phi) is 4.45. The van der Waals surface area contributed by atoms with Crippen LogP contribution in [0.1, 0.15) is 17.3 Å². The van der Waals surface area contributed by atoms with Gasteiger partial charge in [-0.2, -0.15) is 0 Å². The second-order valence-electron chi connectivity index (χ2n) is 2.79. The van der Waals surface area contributed by atoms with Gasteiger partial charge < -0.3 is 9.84 Å². The molecule has 0 aromatic heterocycles. The van der Waals surface area contributed by atoms with E-state index in [1.54, 1.807) is 12.1 Å². The highest BCUT2D eigenvalue weighted by atomic mass is 32.2. The first-order chi connectivity index (χ1) is 7.15. The first-order valence-corrected chi connectivity index (χ1v) is 5.76. The average Bonchev–Trinajstić information content (AvgIpc) is 2.26. The van der Waals surface area contributed by atoms with Crippen molar-refractivity contribution in [1.82, 2.24) is 0 Å². The van der Waals surface area contributed by atoms with Gasteiger partial charge in [0.25, 0.3) is 0 Å². The number of benzene rings is 1. The number of ether oxygens (including phenoxy) is 1. The van der Waals surface area contributed by atoms with Gasteiger partial charge in [-0.3, -0.25) is 4.21 Å². The van der Waals surface area contributed by atoms with Crippen LogP contribution in [-0.4, -0.2) is 27.8 Å². The molecule has 1 aromatic rings. The SMILES string of the molecule is CCOCS(=O)c1ccc(C(=O)O)cc1. The van der Waals surface area contributed by atoms with Crippen molar-refractivity contribution in [2.45, 2.75) is 11.8 Å². The maximum atomic E-state index is 11.5. The number of hydrogen-bond donors (Lipinski definition) is 1. The zero-order valence-corrected chi connectivity index (χ0v) is 9.12. The molecule has 82 valence electrons. The van der Waals surface area contributed by atoms with E-state index in [2.05, 4.69) is 0 Å². The summed E-state index contributed by atoms with van der Waals surface area (Å²) in [6.45, 7) is 2.34. The molecule has 1 aromatic carbocycles. The maximum absolute atomic E-state index is 11.5. The fraction of sp³-hybridized carbons (Fsp3) is 0.300. The molecule has 4 nitrogen and oxygen atoms in total. The van der Waals surface area contributed by atoms with Gasteiger partial charge in [-0.05, 0) is 31.2 Å². The fourth-order valence-electron chi connectivity index (χ4n) is 0.976. The molecule has 0 fully saturated rings. The number of aromatic carboxylic acids is 1. The molecule has 15 heavy (non-hydrogen) atoms. The van der Waals surface area contributed by atoms with Gasteiger partial charge in [-0.15, -0.1) is 0 Å². The standard InChI is InChI=1S/C10H12O4S/c1-2-14-7-15(13)9-5-3-8(4-6-9)10(11)12/h3-6H,2,7H2,1H3,(H,11,12). The lowest BCUT2D eigenvalue weighted by Gasteiger charge is -2.02. The zero-order valence-electron chi connectivity index (χ0n) is 8.30. The van der Waals surface area contributed by atoms with E-state index < -0.39 is 16.8 Å². The van der Waals surface area contributed by atoms with Crippen LogP contribution in [0, 0.1) is 0 Å². The van der Waals surface area contributed by atoms with E-state index >= 15 is 0 Å². The summed E-state index contributed by atoms with van der Waals surface area (Å²) in [5, 5.41) is 8.66. The molecule has 0 aliphatic rings. The topological polar surface area (TPSA) is 63.6 Å². The van der Waals surface area contributed by atoms with Crippen LogP contribution in [0.4, 0.5) is 0 Å². The van der Waals surface area contributed by atoms with Gasteiger partial charge in [0.1, 0.15) is 5.94 Å². The highest BCUT2D eigenvalue weighted by Gasteiger charge is 2.06. The summed E-state index contributed by atoms with van der Waals surface area (Å²) < 4.78 is 16.5. The molecule has 0 bridgehead atoms. The molecule has 0 saturated heterocycles. The normalized spacial score (nSPS) is 12.3. The summed E-state index contributed by atoms with van der Waals surface area (Å²) in [6.07, 6.45) is 0. The number of hydrogen-bond acceptors (Lipinski definition) is 3. The van der Waals surface area contributed by atoms with Crippen LogP contribution in [0.5, 0.6) is 0 Å². The van der Waals surface area contributed by atoms with Gasteiger partial charge in [0.15, 0.2) is 0 Å². The maximum Gasteiger partial charge on any atom is 0.335 e. The van der Waals surface area contributed by atoms with Gasteiger partial charge in [0.05, 0.1) is 16.4 Å². The summed E-state index contributed by atoms with van der Waals surface area (Å²) in [6, 6.07) is 5.94. The molecule has 0 aliphatic heterocycles. The Hall–Kier alpha value is -1.20. The van der Waals surface area contributed by atoms with Crippen LogP contribution in [0.25, 0.3) is 0 Å². The minimum atomic E-state index is -1.22. The van der Waals surface area contributed by atoms with Crippen LogP contribution < -0.4 is 0 Å². The Morgan fingerprint density at radius 2 is 2.00 bits per heavy atom. The van der Waals surface area contributed by atoms with Crippen LogP contribution in [0.15, 0.2) is 29.2 Å². The summed E-state index contributed by atoms with van der Waals surface area (Å²) in [5.41, 5.74) is 0.187. The van der Waals surface area contributed by atoms with Crippen molar-refractivity contribution in [3.8, 4) is 0 Å². The first kappa shape index (κ1) is 11.9. The number of carboxylic acid groups (broad SMARTS) is 1. The lowest BCUT2D eigenvalue weighted by atomic mass is 10.2. The van der Waals surface area contributed by atoms with Gasteiger partial charge in [0, 0.05) is 11.5 Å². The van der Waals surface area contributed by atoms with E-state index in [-0.39, 0.29) is 11.5 Å². The highest BCUT2D eigenvalue weighted by molar-refractivity contribution is 7.84. The summed E-state index contributed by atoms with van der Waals surface area (Å²) in [7, 11) is -1.22. The number of rotatable bonds is 5. The van der Waals surface area contributed by atoms with Gasteiger partial charge in [0.2, 0.25) is 0 Å². The molecule has 0 saturated carbocycles. The Balaban J connectivity index is 2.71. The van der Waals surface area contributed by atoms with Crippen LogP contribution in [-0.2, 0) is 15.5 Å². The molecule has 0 aliphatic carbocycles. The molecule has 1 N–H and O–H groups in total. The van der Waals surface area contributed by atoms with Crippen molar-refractivity contribution in [3.05, 3.63) is 29.8 Å². The van der Waals surface area contributed by atoms with E-state index in [0.29, 0.717) is 11.5 Å². The van der Waals surface area contributed by atoms with Crippen LogP contribution in [0.2, 0.25) is 0 Å². The minimum absolute atomic E-state index is 0.142. The number of carboxylic acids is 1. The Morgan fingerprint density at radius 3 is 2.47 bits per heavy atom. The van der Waals surface area contributed by atoms with Crippen molar-refractivity contribution in [1.29, 1.82) is 0 Å². The van der Waals surface area contributed by atoms with E-state index in [4.69, 9.17) is 9.84 Å². The third kappa shape index (κ3) is 3.45. The van der Waals surface area contributed by atoms with E-state index in [1.807, 2.05) is 6.92 Å². The molecule has 0 spiro atoms. The van der Waals surface area contributed by atoms with Gasteiger partial charge >= 0.3 is 5.97 Å². The van der Waals surface area contributed by atoms with E-state index in [0.717, 1.165) is 0 Å². The predicted molar refractivity (Wildman–Crippen MR) is 56.3 cm³/mol. The van der Waals surface area contributed by atoms with Crippen LogP contribution >= 0.6 is 0 Å². The molecule has 1 unspecified atom stereocenters. The Morgan fingerprint density at radius 1 is 1.40 bits per heavy atom. The molecule has 0 radical (unpaired) electrons. The second kappa shape index (κ2) is 5.63. The Bertz CT molecular complexity index is 358. The van der Waals surface area contributed by atoms with Crippen LogP contribution in [0.3, 0.4) is 0 Å². The van der Waals surface area contributed by atoms with Crippen molar-refractivity contribution < 1.29 is 18.8 Å². The lowest BCUT2D eigenvalue weighted by molar-refractivity contribution is 0.0697. The predicted octanol–water partition coefficient (Wildman–Crippen LogP) is 1.49.